The number of rotatable bonds is 8. The predicted octanol–water partition coefficient (Wildman–Crippen LogP) is 3.98. The number of nitrogens with one attached hydrogen (secondary N) is 3. The van der Waals surface area contributed by atoms with Gasteiger partial charge in [-0.3, -0.25) is 14.7 Å². The van der Waals surface area contributed by atoms with Gasteiger partial charge in [0, 0.05) is 34.1 Å². The number of aromatic amines is 1. The second-order valence-electron chi connectivity index (χ2n) is 6.98. The molecule has 0 saturated heterocycles. The quantitative estimate of drug-likeness (QED) is 0.349. The molecule has 0 saturated carbocycles. The van der Waals surface area contributed by atoms with Gasteiger partial charge in [-0.2, -0.15) is 5.10 Å². The van der Waals surface area contributed by atoms with Gasteiger partial charge in [-0.15, -0.1) is 10.2 Å². The van der Waals surface area contributed by atoms with Crippen LogP contribution in [0, 0.1) is 6.92 Å². The molecule has 11 heteroatoms. The lowest BCUT2D eigenvalue weighted by Gasteiger charge is -2.07. The van der Waals surface area contributed by atoms with Gasteiger partial charge in [-0.05, 0) is 55.5 Å². The number of halogens is 1. The summed E-state index contributed by atoms with van der Waals surface area (Å²) in [6.45, 7) is 2.44. The maximum Gasteiger partial charge on any atom is 0.286 e. The standard InChI is InChI=1S/C22H19ClN6O3S/c1-13-15(11-25-27-13)10-24-20(30)14-2-8-18(9-3-14)32-12-19-28-29-22(33-19)21(31)26-17-6-4-16(23)5-7-17/h2-9,11H,10,12H2,1H3,(H,24,30)(H,25,27)(H,26,31). The summed E-state index contributed by atoms with van der Waals surface area (Å²) >= 11 is 6.99. The number of nitrogens with zero attached hydrogens (tertiary/aromatic N) is 3. The van der Waals surface area contributed by atoms with Gasteiger partial charge in [0.25, 0.3) is 11.8 Å². The van der Waals surface area contributed by atoms with Crippen molar-refractivity contribution in [1.82, 2.24) is 25.7 Å². The van der Waals surface area contributed by atoms with E-state index in [1.165, 1.54) is 0 Å². The number of aromatic nitrogens is 4. The molecular formula is C22H19ClN6O3S. The van der Waals surface area contributed by atoms with Crippen LogP contribution in [0.2, 0.25) is 5.02 Å². The maximum atomic E-state index is 12.3. The lowest BCUT2D eigenvalue weighted by Crippen LogP contribution is -2.22. The number of benzene rings is 2. The number of hydrogen-bond acceptors (Lipinski definition) is 7. The van der Waals surface area contributed by atoms with Crippen molar-refractivity contribution in [2.75, 3.05) is 5.32 Å². The fourth-order valence-corrected chi connectivity index (χ4v) is 3.57. The molecule has 0 atom stereocenters. The van der Waals surface area contributed by atoms with Crippen LogP contribution in [0.4, 0.5) is 5.69 Å². The van der Waals surface area contributed by atoms with Gasteiger partial charge >= 0.3 is 0 Å². The first kappa shape index (κ1) is 22.4. The predicted molar refractivity (Wildman–Crippen MR) is 125 cm³/mol. The van der Waals surface area contributed by atoms with Crippen LogP contribution in [-0.2, 0) is 13.2 Å². The zero-order valence-electron chi connectivity index (χ0n) is 17.5. The Morgan fingerprint density at radius 3 is 2.52 bits per heavy atom. The number of hydrogen-bond donors (Lipinski definition) is 3. The number of carbonyl (C=O) groups is 2. The molecule has 0 aliphatic rings. The Bertz CT molecular complexity index is 1250. The highest BCUT2D eigenvalue weighted by Crippen LogP contribution is 2.18. The molecular weight excluding hydrogens is 464 g/mol. The van der Waals surface area contributed by atoms with E-state index in [9.17, 15) is 9.59 Å². The normalized spacial score (nSPS) is 10.6. The Kier molecular flexibility index (Phi) is 6.96. The molecule has 33 heavy (non-hydrogen) atoms. The summed E-state index contributed by atoms with van der Waals surface area (Å²) in [5.74, 6) is 0.0178. The lowest BCUT2D eigenvalue weighted by atomic mass is 10.2. The average Bonchev–Trinajstić information content (AvgIpc) is 3.47. The van der Waals surface area contributed by atoms with E-state index in [0.717, 1.165) is 22.6 Å². The Hall–Kier alpha value is -3.76. The van der Waals surface area contributed by atoms with Gasteiger partial charge in [0.05, 0.1) is 6.20 Å². The molecule has 9 nitrogen and oxygen atoms in total. The second kappa shape index (κ2) is 10.2. The summed E-state index contributed by atoms with van der Waals surface area (Å²) in [6.07, 6.45) is 1.69. The first-order chi connectivity index (χ1) is 16.0. The minimum Gasteiger partial charge on any atom is -0.486 e. The minimum absolute atomic E-state index is 0.150. The van der Waals surface area contributed by atoms with Crippen LogP contribution >= 0.6 is 22.9 Å². The van der Waals surface area contributed by atoms with E-state index < -0.39 is 0 Å². The summed E-state index contributed by atoms with van der Waals surface area (Å²) in [6, 6.07) is 13.5. The molecule has 0 aliphatic heterocycles. The fraction of sp³-hybridized carbons (Fsp3) is 0.136. The molecule has 2 aromatic carbocycles. The Labute approximate surface area is 198 Å². The molecule has 2 heterocycles. The first-order valence-electron chi connectivity index (χ1n) is 9.87. The van der Waals surface area contributed by atoms with Crippen molar-refractivity contribution in [1.29, 1.82) is 0 Å². The van der Waals surface area contributed by atoms with Crippen LogP contribution in [0.1, 0.15) is 36.4 Å². The molecule has 0 spiro atoms. The smallest absolute Gasteiger partial charge is 0.286 e. The van der Waals surface area contributed by atoms with Gasteiger partial charge in [-0.25, -0.2) is 0 Å². The minimum atomic E-state index is -0.359. The van der Waals surface area contributed by atoms with Crippen molar-refractivity contribution in [3.63, 3.8) is 0 Å². The SMILES string of the molecule is Cc1[nH]ncc1CNC(=O)c1ccc(OCc2nnc(C(=O)Nc3ccc(Cl)cc3)s2)cc1. The van der Waals surface area contributed by atoms with Crippen molar-refractivity contribution in [2.24, 2.45) is 0 Å². The van der Waals surface area contributed by atoms with Crippen molar-refractivity contribution in [3.8, 4) is 5.75 Å². The number of anilines is 1. The van der Waals surface area contributed by atoms with Gasteiger partial charge < -0.3 is 15.4 Å². The number of carbonyl (C=O) groups excluding carboxylic acids is 2. The molecule has 4 rings (SSSR count). The van der Waals surface area contributed by atoms with Crippen LogP contribution in [0.5, 0.6) is 5.75 Å². The van der Waals surface area contributed by atoms with E-state index in [2.05, 4.69) is 31.0 Å². The topological polar surface area (TPSA) is 122 Å². The Morgan fingerprint density at radius 2 is 1.82 bits per heavy atom. The van der Waals surface area contributed by atoms with Gasteiger partial charge in [0.1, 0.15) is 12.4 Å². The first-order valence-corrected chi connectivity index (χ1v) is 11.1. The third kappa shape index (κ3) is 5.93. The van der Waals surface area contributed by atoms with Crippen LogP contribution in [0.25, 0.3) is 0 Å². The highest BCUT2D eigenvalue weighted by atomic mass is 35.5. The van der Waals surface area contributed by atoms with Gasteiger partial charge in [0.15, 0.2) is 5.01 Å². The molecule has 0 unspecified atom stereocenters. The number of aryl methyl sites for hydroxylation is 1. The van der Waals surface area contributed by atoms with Gasteiger partial charge in [-0.1, -0.05) is 22.9 Å². The molecule has 0 radical (unpaired) electrons. The lowest BCUT2D eigenvalue weighted by molar-refractivity contribution is 0.0950. The third-order valence-electron chi connectivity index (χ3n) is 4.62. The summed E-state index contributed by atoms with van der Waals surface area (Å²) in [7, 11) is 0. The summed E-state index contributed by atoms with van der Waals surface area (Å²) in [5.41, 5.74) is 2.98. The summed E-state index contributed by atoms with van der Waals surface area (Å²) in [5, 5.41) is 21.6. The largest absolute Gasteiger partial charge is 0.486 e. The fourth-order valence-electron chi connectivity index (χ4n) is 2.80. The molecule has 4 aromatic rings. The van der Waals surface area contributed by atoms with E-state index in [-0.39, 0.29) is 23.4 Å². The highest BCUT2D eigenvalue weighted by molar-refractivity contribution is 7.13. The maximum absolute atomic E-state index is 12.3. The van der Waals surface area contributed by atoms with Crippen LogP contribution in [0.15, 0.2) is 54.7 Å². The van der Waals surface area contributed by atoms with E-state index in [0.29, 0.717) is 33.6 Å². The third-order valence-corrected chi connectivity index (χ3v) is 5.76. The van der Waals surface area contributed by atoms with E-state index in [1.54, 1.807) is 54.7 Å². The highest BCUT2D eigenvalue weighted by Gasteiger charge is 2.14. The number of amides is 2. The van der Waals surface area contributed by atoms with Crippen molar-refractivity contribution in [3.05, 3.63) is 86.6 Å². The van der Waals surface area contributed by atoms with Crippen molar-refractivity contribution in [2.45, 2.75) is 20.1 Å². The summed E-state index contributed by atoms with van der Waals surface area (Å²) < 4.78 is 5.70. The van der Waals surface area contributed by atoms with E-state index in [4.69, 9.17) is 16.3 Å². The molecule has 168 valence electrons. The Morgan fingerprint density at radius 1 is 1.06 bits per heavy atom. The zero-order chi connectivity index (χ0) is 23.2. The van der Waals surface area contributed by atoms with E-state index >= 15 is 0 Å². The zero-order valence-corrected chi connectivity index (χ0v) is 19.0. The number of ether oxygens (including phenoxy) is 1. The second-order valence-corrected chi connectivity index (χ2v) is 8.48. The average molecular weight is 483 g/mol. The molecule has 3 N–H and O–H groups in total. The van der Waals surface area contributed by atoms with Crippen LogP contribution in [-0.4, -0.2) is 32.2 Å². The summed E-state index contributed by atoms with van der Waals surface area (Å²) in [4.78, 5) is 24.6. The van der Waals surface area contributed by atoms with Crippen LogP contribution < -0.4 is 15.4 Å². The monoisotopic (exact) mass is 482 g/mol. The molecule has 2 aromatic heterocycles. The van der Waals surface area contributed by atoms with E-state index in [1.807, 2.05) is 6.92 Å². The molecule has 0 fully saturated rings. The Balaban J connectivity index is 1.27. The van der Waals surface area contributed by atoms with Crippen molar-refractivity contribution < 1.29 is 14.3 Å². The molecule has 0 aliphatic carbocycles. The molecule has 0 bridgehead atoms. The van der Waals surface area contributed by atoms with Crippen LogP contribution in [0.3, 0.4) is 0 Å². The van der Waals surface area contributed by atoms with Gasteiger partial charge in [0.2, 0.25) is 5.01 Å². The molecule has 2 amide bonds. The van der Waals surface area contributed by atoms with Crippen molar-refractivity contribution >= 4 is 40.4 Å². The number of H-pyrrole nitrogens is 1.